The van der Waals surface area contributed by atoms with Crippen LogP contribution in [-0.4, -0.2) is 18.8 Å². The molecule has 3 nitrogen and oxygen atoms in total. The lowest BCUT2D eigenvalue weighted by molar-refractivity contribution is -0.00897. The van der Waals surface area contributed by atoms with Gasteiger partial charge in [-0.25, -0.2) is 4.39 Å². The fourth-order valence-corrected chi connectivity index (χ4v) is 1.72. The number of nitriles is 1. The third kappa shape index (κ3) is 4.44. The van der Waals surface area contributed by atoms with Crippen molar-refractivity contribution in [2.24, 2.45) is 0 Å². The van der Waals surface area contributed by atoms with Crippen molar-refractivity contribution in [1.29, 1.82) is 5.26 Å². The molecule has 1 aromatic rings. The molecular formula is C14H19FN2O. The monoisotopic (exact) mass is 250 g/mol. The maximum absolute atomic E-state index is 13.1. The molecule has 0 radical (unpaired) electrons. The first kappa shape index (κ1) is 14.6. The number of rotatable bonds is 6. The summed E-state index contributed by atoms with van der Waals surface area (Å²) in [6, 6.07) is 6.40. The van der Waals surface area contributed by atoms with Crippen molar-refractivity contribution in [2.75, 3.05) is 13.2 Å². The predicted octanol–water partition coefficient (Wildman–Crippen LogP) is 2.60. The summed E-state index contributed by atoms with van der Waals surface area (Å²) in [6.45, 7) is 7.93. The summed E-state index contributed by atoms with van der Waals surface area (Å²) in [5, 5.41) is 12.0. The normalized spacial score (nSPS) is 11.3. The standard InChI is InChI=1S/C14H19FN2O/c1-4-18-14(2,3)10-17-9-11-5-6-13(15)12(7-11)8-16/h5-7,17H,4,9-10H2,1-3H3. The molecule has 1 aromatic carbocycles. The average Bonchev–Trinajstić information content (AvgIpc) is 2.31. The Labute approximate surface area is 108 Å². The van der Waals surface area contributed by atoms with Gasteiger partial charge in [-0.15, -0.1) is 0 Å². The zero-order valence-corrected chi connectivity index (χ0v) is 11.1. The van der Waals surface area contributed by atoms with Crippen LogP contribution in [0.25, 0.3) is 0 Å². The summed E-state index contributed by atoms with van der Waals surface area (Å²) in [5.74, 6) is -0.476. The number of hydrogen-bond acceptors (Lipinski definition) is 3. The lowest BCUT2D eigenvalue weighted by atomic mass is 10.1. The van der Waals surface area contributed by atoms with E-state index in [1.54, 1.807) is 12.1 Å². The minimum atomic E-state index is -0.476. The summed E-state index contributed by atoms with van der Waals surface area (Å²) >= 11 is 0. The lowest BCUT2D eigenvalue weighted by Gasteiger charge is -2.25. The summed E-state index contributed by atoms with van der Waals surface area (Å²) in [5.41, 5.74) is 0.742. The molecule has 0 unspecified atom stereocenters. The first-order valence-corrected chi connectivity index (χ1v) is 6.01. The Bertz CT molecular complexity index is 438. The van der Waals surface area contributed by atoms with Gasteiger partial charge in [0, 0.05) is 19.7 Å². The quantitative estimate of drug-likeness (QED) is 0.844. The molecule has 0 fully saturated rings. The van der Waals surface area contributed by atoms with Gasteiger partial charge in [0.1, 0.15) is 11.9 Å². The Balaban J connectivity index is 2.52. The molecule has 0 aliphatic rings. The highest BCUT2D eigenvalue weighted by molar-refractivity contribution is 5.34. The van der Waals surface area contributed by atoms with Crippen LogP contribution in [0.1, 0.15) is 31.9 Å². The number of nitrogens with zero attached hydrogens (tertiary/aromatic N) is 1. The van der Waals surface area contributed by atoms with Gasteiger partial charge in [-0.3, -0.25) is 0 Å². The molecule has 0 bridgehead atoms. The van der Waals surface area contributed by atoms with Crippen molar-refractivity contribution < 1.29 is 9.13 Å². The van der Waals surface area contributed by atoms with E-state index in [0.717, 1.165) is 5.56 Å². The molecule has 0 aliphatic carbocycles. The maximum Gasteiger partial charge on any atom is 0.140 e. The van der Waals surface area contributed by atoms with Crippen molar-refractivity contribution in [3.8, 4) is 6.07 Å². The Kier molecular flexibility index (Phi) is 5.26. The van der Waals surface area contributed by atoms with E-state index >= 15 is 0 Å². The van der Waals surface area contributed by atoms with Crippen LogP contribution in [0.5, 0.6) is 0 Å². The zero-order valence-electron chi connectivity index (χ0n) is 11.1. The molecule has 0 saturated carbocycles. The van der Waals surface area contributed by atoms with Gasteiger partial charge in [0.25, 0.3) is 0 Å². The molecule has 0 amide bonds. The van der Waals surface area contributed by atoms with Crippen LogP contribution in [0.3, 0.4) is 0 Å². The first-order chi connectivity index (χ1) is 8.48. The van der Waals surface area contributed by atoms with Gasteiger partial charge < -0.3 is 10.1 Å². The highest BCUT2D eigenvalue weighted by atomic mass is 19.1. The van der Waals surface area contributed by atoms with Crippen LogP contribution < -0.4 is 5.32 Å². The number of halogens is 1. The third-order valence-corrected chi connectivity index (χ3v) is 2.57. The molecule has 1 N–H and O–H groups in total. The lowest BCUT2D eigenvalue weighted by Crippen LogP contribution is -2.37. The number of ether oxygens (including phenoxy) is 1. The number of benzene rings is 1. The molecule has 0 aromatic heterocycles. The maximum atomic E-state index is 13.1. The van der Waals surface area contributed by atoms with Gasteiger partial charge in [-0.1, -0.05) is 6.07 Å². The summed E-state index contributed by atoms with van der Waals surface area (Å²) in [7, 11) is 0. The first-order valence-electron chi connectivity index (χ1n) is 6.01. The van der Waals surface area contributed by atoms with Crippen molar-refractivity contribution in [3.63, 3.8) is 0 Å². The van der Waals surface area contributed by atoms with Gasteiger partial charge in [0.2, 0.25) is 0 Å². The second kappa shape index (κ2) is 6.48. The largest absolute Gasteiger partial charge is 0.375 e. The zero-order chi connectivity index (χ0) is 13.6. The third-order valence-electron chi connectivity index (χ3n) is 2.57. The molecule has 98 valence electrons. The summed E-state index contributed by atoms with van der Waals surface area (Å²) in [6.07, 6.45) is 0. The molecule has 0 spiro atoms. The van der Waals surface area contributed by atoms with Crippen molar-refractivity contribution in [2.45, 2.75) is 32.9 Å². The second-order valence-corrected chi connectivity index (χ2v) is 4.72. The van der Waals surface area contributed by atoms with E-state index in [-0.39, 0.29) is 11.2 Å². The van der Waals surface area contributed by atoms with Gasteiger partial charge >= 0.3 is 0 Å². The highest BCUT2D eigenvalue weighted by Gasteiger charge is 2.16. The molecule has 0 heterocycles. The predicted molar refractivity (Wildman–Crippen MR) is 68.5 cm³/mol. The van der Waals surface area contributed by atoms with Crippen LogP contribution in [-0.2, 0) is 11.3 Å². The Morgan fingerprint density at radius 1 is 1.44 bits per heavy atom. The van der Waals surface area contributed by atoms with Crippen LogP contribution >= 0.6 is 0 Å². The molecule has 4 heteroatoms. The smallest absolute Gasteiger partial charge is 0.140 e. The highest BCUT2D eigenvalue weighted by Crippen LogP contribution is 2.11. The summed E-state index contributed by atoms with van der Waals surface area (Å²) < 4.78 is 18.7. The fourth-order valence-electron chi connectivity index (χ4n) is 1.72. The molecule has 0 aliphatic heterocycles. The van der Waals surface area contributed by atoms with Gasteiger partial charge in [-0.05, 0) is 38.5 Å². The Morgan fingerprint density at radius 3 is 2.78 bits per heavy atom. The Morgan fingerprint density at radius 2 is 2.17 bits per heavy atom. The van der Waals surface area contributed by atoms with E-state index in [0.29, 0.717) is 19.7 Å². The second-order valence-electron chi connectivity index (χ2n) is 4.72. The molecule has 18 heavy (non-hydrogen) atoms. The van der Waals surface area contributed by atoms with E-state index in [9.17, 15) is 4.39 Å². The topological polar surface area (TPSA) is 45.0 Å². The summed E-state index contributed by atoms with van der Waals surface area (Å²) in [4.78, 5) is 0. The Hall–Kier alpha value is -1.44. The molecular weight excluding hydrogens is 231 g/mol. The SMILES string of the molecule is CCOC(C)(C)CNCc1ccc(F)c(C#N)c1. The van der Waals surface area contributed by atoms with Gasteiger partial charge in [0.05, 0.1) is 11.2 Å². The van der Waals surface area contributed by atoms with Gasteiger partial charge in [0.15, 0.2) is 0 Å². The van der Waals surface area contributed by atoms with Crippen LogP contribution in [0.2, 0.25) is 0 Å². The van der Waals surface area contributed by atoms with Crippen LogP contribution in [0.4, 0.5) is 4.39 Å². The van der Waals surface area contributed by atoms with Crippen LogP contribution in [0.15, 0.2) is 18.2 Å². The van der Waals surface area contributed by atoms with Crippen molar-refractivity contribution in [3.05, 3.63) is 35.1 Å². The van der Waals surface area contributed by atoms with Gasteiger partial charge in [-0.2, -0.15) is 5.26 Å². The van der Waals surface area contributed by atoms with E-state index in [4.69, 9.17) is 10.00 Å². The van der Waals surface area contributed by atoms with E-state index in [1.165, 1.54) is 6.07 Å². The minimum Gasteiger partial charge on any atom is -0.375 e. The van der Waals surface area contributed by atoms with E-state index in [2.05, 4.69) is 5.32 Å². The van der Waals surface area contributed by atoms with Crippen LogP contribution in [0, 0.1) is 17.1 Å². The fraction of sp³-hybridized carbons (Fsp3) is 0.500. The van der Waals surface area contributed by atoms with E-state index < -0.39 is 5.82 Å². The van der Waals surface area contributed by atoms with Crippen molar-refractivity contribution in [1.82, 2.24) is 5.32 Å². The molecule has 0 saturated heterocycles. The minimum absolute atomic E-state index is 0.0818. The molecule has 1 rings (SSSR count). The number of nitrogens with one attached hydrogen (secondary N) is 1. The average molecular weight is 250 g/mol. The number of hydrogen-bond donors (Lipinski definition) is 1. The van der Waals surface area contributed by atoms with Crippen molar-refractivity contribution >= 4 is 0 Å². The molecule has 0 atom stereocenters. The van der Waals surface area contributed by atoms with E-state index in [1.807, 2.05) is 26.8 Å².